The highest BCUT2D eigenvalue weighted by molar-refractivity contribution is 6.06. The Hall–Kier alpha value is -1.66. The molecule has 1 aliphatic heterocycles. The summed E-state index contributed by atoms with van der Waals surface area (Å²) < 4.78 is 5.34. The van der Waals surface area contributed by atoms with Crippen LogP contribution in [0.25, 0.3) is 11.1 Å². The molecule has 2 N–H and O–H groups in total. The quantitative estimate of drug-likeness (QED) is 0.929. The highest BCUT2D eigenvalue weighted by atomic mass is 35.5. The van der Waals surface area contributed by atoms with E-state index in [9.17, 15) is 4.79 Å². The molecule has 0 spiro atoms. The van der Waals surface area contributed by atoms with Crippen LogP contribution in [0.4, 0.5) is 0 Å². The summed E-state index contributed by atoms with van der Waals surface area (Å²) in [4.78, 5) is 19.2. The smallest absolute Gasteiger partial charge is 0.259 e. The lowest BCUT2D eigenvalue weighted by molar-refractivity contribution is 0.0789. The van der Waals surface area contributed by atoms with Crippen LogP contribution in [0.5, 0.6) is 0 Å². The molecule has 1 unspecified atom stereocenters. The fraction of sp³-hybridized carbons (Fsp3) is 0.562. The molecular formula is C16H23ClN4O2. The van der Waals surface area contributed by atoms with Crippen molar-refractivity contribution in [2.24, 2.45) is 11.7 Å². The molecule has 1 aliphatic rings. The molecule has 0 radical (unpaired) electrons. The Bertz CT molecular complexity index is 713. The second kappa shape index (κ2) is 6.84. The van der Waals surface area contributed by atoms with E-state index in [-0.39, 0.29) is 24.2 Å². The summed E-state index contributed by atoms with van der Waals surface area (Å²) in [6, 6.07) is 1.84. The maximum absolute atomic E-state index is 12.9. The number of hydrogen-bond donors (Lipinski definition) is 1. The third-order valence-corrected chi connectivity index (χ3v) is 4.28. The van der Waals surface area contributed by atoms with Crippen molar-refractivity contribution < 1.29 is 9.32 Å². The zero-order valence-electron chi connectivity index (χ0n) is 13.7. The number of fused-ring (bicyclic) bond motifs is 1. The van der Waals surface area contributed by atoms with E-state index in [1.807, 2.05) is 31.7 Å². The first-order valence-electron chi connectivity index (χ1n) is 7.77. The molecular weight excluding hydrogens is 316 g/mol. The fourth-order valence-electron chi connectivity index (χ4n) is 3.04. The second-order valence-electron chi connectivity index (χ2n) is 6.36. The number of pyridine rings is 1. The molecule has 3 rings (SSSR count). The van der Waals surface area contributed by atoms with Crippen molar-refractivity contribution in [1.82, 2.24) is 15.0 Å². The van der Waals surface area contributed by atoms with Crippen molar-refractivity contribution in [1.29, 1.82) is 0 Å². The SMILES string of the molecule is Cc1cc(C(=O)N2CCC(CN)C2)c2c(C(C)C)noc2n1.Cl. The molecule has 23 heavy (non-hydrogen) atoms. The summed E-state index contributed by atoms with van der Waals surface area (Å²) in [7, 11) is 0. The number of aromatic nitrogens is 2. The van der Waals surface area contributed by atoms with Gasteiger partial charge in [0, 0.05) is 18.8 Å². The molecule has 0 saturated carbocycles. The number of hydrogen-bond acceptors (Lipinski definition) is 5. The van der Waals surface area contributed by atoms with E-state index in [0.717, 1.165) is 36.3 Å². The van der Waals surface area contributed by atoms with Crippen molar-refractivity contribution >= 4 is 29.4 Å². The summed E-state index contributed by atoms with van der Waals surface area (Å²) in [5.41, 5.74) is 8.37. The average Bonchev–Trinajstić information content (AvgIpc) is 3.11. The monoisotopic (exact) mass is 338 g/mol. The highest BCUT2D eigenvalue weighted by Crippen LogP contribution is 2.29. The van der Waals surface area contributed by atoms with Crippen molar-refractivity contribution in [3.63, 3.8) is 0 Å². The van der Waals surface area contributed by atoms with Crippen molar-refractivity contribution in [3.05, 3.63) is 23.0 Å². The van der Waals surface area contributed by atoms with Gasteiger partial charge in [0.05, 0.1) is 16.6 Å². The van der Waals surface area contributed by atoms with Crippen LogP contribution < -0.4 is 5.73 Å². The van der Waals surface area contributed by atoms with Gasteiger partial charge in [-0.2, -0.15) is 0 Å². The Morgan fingerprint density at radius 1 is 1.52 bits per heavy atom. The van der Waals surface area contributed by atoms with Gasteiger partial charge in [0.1, 0.15) is 0 Å². The van der Waals surface area contributed by atoms with Crippen LogP contribution in [0.2, 0.25) is 0 Å². The summed E-state index contributed by atoms with van der Waals surface area (Å²) in [6.45, 7) is 8.03. The third kappa shape index (κ3) is 3.19. The summed E-state index contributed by atoms with van der Waals surface area (Å²) in [6.07, 6.45) is 0.968. The minimum Gasteiger partial charge on any atom is -0.338 e. The minimum absolute atomic E-state index is 0. The number of nitrogens with two attached hydrogens (primary N) is 1. The summed E-state index contributed by atoms with van der Waals surface area (Å²) in [5.74, 6) is 0.596. The van der Waals surface area contributed by atoms with E-state index in [4.69, 9.17) is 10.3 Å². The van der Waals surface area contributed by atoms with Gasteiger partial charge in [-0.3, -0.25) is 4.79 Å². The normalized spacial score (nSPS) is 17.8. The number of rotatable bonds is 3. The van der Waals surface area contributed by atoms with E-state index in [1.165, 1.54) is 0 Å². The van der Waals surface area contributed by atoms with Crippen LogP contribution in [0, 0.1) is 12.8 Å². The molecule has 1 atom stereocenters. The number of aryl methyl sites for hydroxylation is 1. The number of carbonyl (C=O) groups is 1. The molecule has 2 aromatic heterocycles. The molecule has 2 aromatic rings. The zero-order chi connectivity index (χ0) is 15.9. The van der Waals surface area contributed by atoms with Crippen LogP contribution in [-0.4, -0.2) is 40.6 Å². The Morgan fingerprint density at radius 2 is 2.26 bits per heavy atom. The number of halogens is 1. The van der Waals surface area contributed by atoms with Gasteiger partial charge in [0.15, 0.2) is 0 Å². The van der Waals surface area contributed by atoms with Crippen LogP contribution in [-0.2, 0) is 0 Å². The van der Waals surface area contributed by atoms with Gasteiger partial charge in [-0.05, 0) is 37.8 Å². The van der Waals surface area contributed by atoms with E-state index < -0.39 is 0 Å². The molecule has 0 aromatic carbocycles. The predicted octanol–water partition coefficient (Wildman–Crippen LogP) is 2.50. The molecule has 3 heterocycles. The molecule has 1 saturated heterocycles. The van der Waals surface area contributed by atoms with E-state index >= 15 is 0 Å². The molecule has 7 heteroatoms. The second-order valence-corrected chi connectivity index (χ2v) is 6.36. The number of nitrogens with zero attached hydrogens (tertiary/aromatic N) is 3. The Morgan fingerprint density at radius 3 is 2.87 bits per heavy atom. The van der Waals surface area contributed by atoms with Crippen molar-refractivity contribution in [3.8, 4) is 0 Å². The first kappa shape index (κ1) is 17.7. The standard InChI is InChI=1S/C16H22N4O2.ClH/c1-9(2)14-13-12(6-10(3)18-15(13)22-19-14)16(21)20-5-4-11(7-17)8-20;/h6,9,11H,4-5,7-8,17H2,1-3H3;1H. The summed E-state index contributed by atoms with van der Waals surface area (Å²) in [5, 5.41) is 4.86. The molecule has 0 aliphatic carbocycles. The van der Waals surface area contributed by atoms with Gasteiger partial charge in [0.25, 0.3) is 11.6 Å². The largest absolute Gasteiger partial charge is 0.338 e. The fourth-order valence-corrected chi connectivity index (χ4v) is 3.04. The molecule has 6 nitrogen and oxygen atoms in total. The lowest BCUT2D eigenvalue weighted by Gasteiger charge is -2.17. The lowest BCUT2D eigenvalue weighted by atomic mass is 10.0. The third-order valence-electron chi connectivity index (χ3n) is 4.28. The van der Waals surface area contributed by atoms with Crippen molar-refractivity contribution in [2.45, 2.75) is 33.1 Å². The van der Waals surface area contributed by atoms with Gasteiger partial charge in [-0.25, -0.2) is 4.98 Å². The Kier molecular flexibility index (Phi) is 5.26. The van der Waals surface area contributed by atoms with Crippen LogP contribution >= 0.6 is 12.4 Å². The number of amides is 1. The molecule has 1 fully saturated rings. The average molecular weight is 339 g/mol. The minimum atomic E-state index is 0. The predicted molar refractivity (Wildman–Crippen MR) is 90.9 cm³/mol. The van der Waals surface area contributed by atoms with E-state index in [2.05, 4.69) is 10.1 Å². The maximum atomic E-state index is 12.9. The van der Waals surface area contributed by atoms with Gasteiger partial charge >= 0.3 is 0 Å². The maximum Gasteiger partial charge on any atom is 0.259 e. The van der Waals surface area contributed by atoms with Gasteiger partial charge in [0.2, 0.25) is 0 Å². The Balaban J connectivity index is 0.00000192. The molecule has 126 valence electrons. The van der Waals surface area contributed by atoms with E-state index in [1.54, 1.807) is 0 Å². The highest BCUT2D eigenvalue weighted by Gasteiger charge is 2.29. The molecule has 0 bridgehead atoms. The van der Waals surface area contributed by atoms with Gasteiger partial charge in [-0.1, -0.05) is 19.0 Å². The lowest BCUT2D eigenvalue weighted by Crippen LogP contribution is -2.30. The first-order chi connectivity index (χ1) is 10.5. The molecule has 1 amide bonds. The topological polar surface area (TPSA) is 85.2 Å². The van der Waals surface area contributed by atoms with Crippen molar-refractivity contribution in [2.75, 3.05) is 19.6 Å². The van der Waals surface area contributed by atoms with Gasteiger partial charge < -0.3 is 15.2 Å². The zero-order valence-corrected chi connectivity index (χ0v) is 14.5. The number of carbonyl (C=O) groups excluding carboxylic acids is 1. The van der Waals surface area contributed by atoms with Crippen LogP contribution in [0.3, 0.4) is 0 Å². The Labute approximate surface area is 141 Å². The van der Waals surface area contributed by atoms with E-state index in [0.29, 0.717) is 23.7 Å². The van der Waals surface area contributed by atoms with Crippen LogP contribution in [0.15, 0.2) is 10.6 Å². The number of likely N-dealkylation sites (tertiary alicyclic amines) is 1. The first-order valence-corrected chi connectivity index (χ1v) is 7.77. The van der Waals surface area contributed by atoms with Gasteiger partial charge in [-0.15, -0.1) is 12.4 Å². The summed E-state index contributed by atoms with van der Waals surface area (Å²) >= 11 is 0. The van der Waals surface area contributed by atoms with Crippen LogP contribution in [0.1, 0.15) is 47.9 Å².